The zero-order valence-electron chi connectivity index (χ0n) is 18.4. The molecule has 0 amide bonds. The third kappa shape index (κ3) is 5.20. The van der Waals surface area contributed by atoms with Crippen LogP contribution in [0.5, 0.6) is 0 Å². The fourth-order valence-electron chi connectivity index (χ4n) is 3.67. The smallest absolute Gasteiger partial charge is 0.269 e. The van der Waals surface area contributed by atoms with E-state index in [1.807, 2.05) is 30.3 Å². The van der Waals surface area contributed by atoms with Gasteiger partial charge in [-0.25, -0.2) is 19.9 Å². The molecular weight excluding hydrogens is 471 g/mol. The Kier molecular flexibility index (Phi) is 6.44. The summed E-state index contributed by atoms with van der Waals surface area (Å²) in [6, 6.07) is 12.0. The van der Waals surface area contributed by atoms with Gasteiger partial charge in [-0.1, -0.05) is 46.9 Å². The standard InChI is InChI=1S/C23H21FN8S2/c1-31-6-8-32(9-7-31)21-11-20(30-23-27-13-17(12-25)33-23)28-19(29-21)10-15-2-4-16(5-3-15)18-14-26-22(24)34-18/h2-5,11,13-14H,6-10H2,1H3,(H,27,28,29,30). The molecule has 34 heavy (non-hydrogen) atoms. The highest BCUT2D eigenvalue weighted by atomic mass is 32.1. The lowest BCUT2D eigenvalue weighted by Gasteiger charge is -2.33. The van der Waals surface area contributed by atoms with E-state index < -0.39 is 5.26 Å². The first kappa shape index (κ1) is 22.3. The summed E-state index contributed by atoms with van der Waals surface area (Å²) in [7, 11) is 2.12. The van der Waals surface area contributed by atoms with Gasteiger partial charge >= 0.3 is 0 Å². The molecule has 1 aromatic carbocycles. The SMILES string of the molecule is CN1CCN(c2cc(Nc3ncc(C#N)s3)nc(Cc3ccc(-c4cnc(F)s4)cc3)n2)CC1. The molecule has 3 aromatic heterocycles. The zero-order valence-corrected chi connectivity index (χ0v) is 20.0. The molecule has 4 heterocycles. The number of benzene rings is 1. The van der Waals surface area contributed by atoms with Crippen LogP contribution in [0.2, 0.25) is 0 Å². The van der Waals surface area contributed by atoms with Crippen LogP contribution in [0.15, 0.2) is 42.7 Å². The molecule has 0 radical (unpaired) electrons. The topological polar surface area (TPSA) is 93.9 Å². The van der Waals surface area contributed by atoms with Gasteiger partial charge in [-0.2, -0.15) is 9.65 Å². The maximum atomic E-state index is 13.3. The maximum Gasteiger partial charge on any atom is 0.269 e. The minimum Gasteiger partial charge on any atom is -0.354 e. The first-order valence-corrected chi connectivity index (χ1v) is 12.3. The van der Waals surface area contributed by atoms with Crippen LogP contribution in [0.4, 0.5) is 21.2 Å². The molecule has 8 nitrogen and oxygen atoms in total. The van der Waals surface area contributed by atoms with Crippen molar-refractivity contribution in [3.8, 4) is 16.5 Å². The number of hydrogen-bond donors (Lipinski definition) is 1. The average Bonchev–Trinajstić information content (AvgIpc) is 3.48. The molecule has 5 rings (SSSR count). The van der Waals surface area contributed by atoms with Gasteiger partial charge in [0.25, 0.3) is 5.26 Å². The lowest BCUT2D eigenvalue weighted by molar-refractivity contribution is 0.312. The number of rotatable bonds is 6. The lowest BCUT2D eigenvalue weighted by atomic mass is 10.1. The van der Waals surface area contributed by atoms with Crippen molar-refractivity contribution in [1.82, 2.24) is 24.8 Å². The quantitative estimate of drug-likeness (QED) is 0.429. The summed E-state index contributed by atoms with van der Waals surface area (Å²) >= 11 is 2.32. The number of nitriles is 1. The minimum absolute atomic E-state index is 0.435. The summed E-state index contributed by atoms with van der Waals surface area (Å²) in [6.45, 7) is 3.73. The maximum absolute atomic E-state index is 13.3. The Morgan fingerprint density at radius 3 is 2.53 bits per heavy atom. The summed E-state index contributed by atoms with van der Waals surface area (Å²) in [5.41, 5.74) is 1.98. The van der Waals surface area contributed by atoms with Crippen molar-refractivity contribution in [2.75, 3.05) is 43.4 Å². The summed E-state index contributed by atoms with van der Waals surface area (Å²) in [5, 5.41) is 12.5. The van der Waals surface area contributed by atoms with Crippen molar-refractivity contribution in [2.24, 2.45) is 0 Å². The highest BCUT2D eigenvalue weighted by Gasteiger charge is 2.18. The van der Waals surface area contributed by atoms with Gasteiger partial charge < -0.3 is 15.1 Å². The van der Waals surface area contributed by atoms with Gasteiger partial charge in [0.05, 0.1) is 11.1 Å². The Labute approximate surface area is 204 Å². The number of piperazine rings is 1. The van der Waals surface area contributed by atoms with Crippen molar-refractivity contribution < 1.29 is 4.39 Å². The first-order chi connectivity index (χ1) is 16.6. The van der Waals surface area contributed by atoms with E-state index in [9.17, 15) is 4.39 Å². The molecule has 1 fully saturated rings. The van der Waals surface area contributed by atoms with Crippen molar-refractivity contribution in [1.29, 1.82) is 5.26 Å². The van der Waals surface area contributed by atoms with Gasteiger partial charge in [-0.05, 0) is 18.2 Å². The first-order valence-electron chi connectivity index (χ1n) is 10.7. The van der Waals surface area contributed by atoms with Crippen LogP contribution in [0.25, 0.3) is 10.4 Å². The molecule has 0 unspecified atom stereocenters. The number of hydrogen-bond acceptors (Lipinski definition) is 10. The molecule has 0 saturated carbocycles. The fraction of sp³-hybridized carbons (Fsp3) is 0.261. The van der Waals surface area contributed by atoms with Crippen molar-refractivity contribution in [2.45, 2.75) is 6.42 Å². The highest BCUT2D eigenvalue weighted by Crippen LogP contribution is 2.27. The normalized spacial score (nSPS) is 14.2. The molecule has 172 valence electrons. The predicted molar refractivity (Wildman–Crippen MR) is 132 cm³/mol. The molecule has 1 saturated heterocycles. The van der Waals surface area contributed by atoms with Gasteiger partial charge in [-0.15, -0.1) is 0 Å². The van der Waals surface area contributed by atoms with Crippen LogP contribution in [-0.4, -0.2) is 58.1 Å². The third-order valence-electron chi connectivity index (χ3n) is 5.52. The molecule has 0 atom stereocenters. The molecule has 4 aromatic rings. The predicted octanol–water partition coefficient (Wildman–Crippen LogP) is 4.15. The second-order valence-corrected chi connectivity index (χ2v) is 9.95. The molecule has 1 aliphatic heterocycles. The number of halogens is 1. The second kappa shape index (κ2) is 9.80. The van der Waals surface area contributed by atoms with E-state index in [2.05, 4.69) is 38.2 Å². The molecule has 1 N–H and O–H groups in total. The summed E-state index contributed by atoms with van der Waals surface area (Å²) in [4.78, 5) is 23.4. The van der Waals surface area contributed by atoms with Crippen LogP contribution < -0.4 is 10.2 Å². The third-order valence-corrected chi connectivity index (χ3v) is 7.17. The monoisotopic (exact) mass is 492 g/mol. The fourth-order valence-corrected chi connectivity index (χ4v) is 4.94. The Hall–Kier alpha value is -3.46. The van der Waals surface area contributed by atoms with E-state index in [0.717, 1.165) is 59.3 Å². The molecule has 0 aliphatic carbocycles. The van der Waals surface area contributed by atoms with E-state index in [1.165, 1.54) is 11.3 Å². The Bertz CT molecular complexity index is 1320. The number of nitrogens with one attached hydrogen (secondary N) is 1. The van der Waals surface area contributed by atoms with E-state index in [1.54, 1.807) is 12.4 Å². The average molecular weight is 493 g/mol. The van der Waals surface area contributed by atoms with E-state index in [4.69, 9.17) is 15.2 Å². The van der Waals surface area contributed by atoms with Crippen LogP contribution in [-0.2, 0) is 6.42 Å². The van der Waals surface area contributed by atoms with Crippen LogP contribution in [0.1, 0.15) is 16.3 Å². The Morgan fingerprint density at radius 2 is 1.85 bits per heavy atom. The zero-order chi connectivity index (χ0) is 23.5. The van der Waals surface area contributed by atoms with Crippen LogP contribution >= 0.6 is 22.7 Å². The van der Waals surface area contributed by atoms with Gasteiger partial charge in [0, 0.05) is 44.9 Å². The van der Waals surface area contributed by atoms with Crippen molar-refractivity contribution in [3.63, 3.8) is 0 Å². The van der Waals surface area contributed by atoms with Crippen molar-refractivity contribution in [3.05, 3.63) is 64.3 Å². The largest absolute Gasteiger partial charge is 0.354 e. The molecule has 0 spiro atoms. The molecule has 0 bridgehead atoms. The van der Waals surface area contributed by atoms with Gasteiger partial charge in [0.1, 0.15) is 28.4 Å². The van der Waals surface area contributed by atoms with Crippen LogP contribution in [0.3, 0.4) is 0 Å². The number of thiazole rings is 2. The number of aromatic nitrogens is 4. The van der Waals surface area contributed by atoms with E-state index in [0.29, 0.717) is 28.1 Å². The second-order valence-electron chi connectivity index (χ2n) is 7.94. The number of likely N-dealkylation sites (N-methyl/N-ethyl adjacent to an activating group) is 1. The Balaban J connectivity index is 1.40. The molecule has 1 aliphatic rings. The van der Waals surface area contributed by atoms with E-state index >= 15 is 0 Å². The minimum atomic E-state index is -0.435. The highest BCUT2D eigenvalue weighted by molar-refractivity contribution is 7.16. The summed E-state index contributed by atoms with van der Waals surface area (Å²) in [5.74, 6) is 2.21. The van der Waals surface area contributed by atoms with Gasteiger partial charge in [-0.3, -0.25) is 0 Å². The lowest BCUT2D eigenvalue weighted by Crippen LogP contribution is -2.44. The summed E-state index contributed by atoms with van der Waals surface area (Å²) < 4.78 is 13.3. The number of anilines is 3. The van der Waals surface area contributed by atoms with Gasteiger partial charge in [0.15, 0.2) is 5.13 Å². The van der Waals surface area contributed by atoms with Gasteiger partial charge in [0.2, 0.25) is 0 Å². The number of nitrogens with zero attached hydrogens (tertiary/aromatic N) is 7. The van der Waals surface area contributed by atoms with E-state index in [-0.39, 0.29) is 0 Å². The summed E-state index contributed by atoms with van der Waals surface area (Å²) in [6.07, 6.45) is 3.65. The Morgan fingerprint density at radius 1 is 1.06 bits per heavy atom. The molecular formula is C23H21FN8S2. The molecule has 11 heteroatoms. The van der Waals surface area contributed by atoms with Crippen molar-refractivity contribution >= 4 is 39.4 Å². The van der Waals surface area contributed by atoms with Crippen LogP contribution in [0, 0.1) is 16.6 Å².